The fourth-order valence-electron chi connectivity index (χ4n) is 2.35. The zero-order valence-electron chi connectivity index (χ0n) is 10.8. The van der Waals surface area contributed by atoms with E-state index in [2.05, 4.69) is 20.2 Å². The van der Waals surface area contributed by atoms with Gasteiger partial charge in [0.2, 0.25) is 0 Å². The molecule has 1 aromatic heterocycles. The predicted octanol–water partition coefficient (Wildman–Crippen LogP) is 0.591. The molecule has 0 aromatic carbocycles. The Balaban J connectivity index is 1.80. The van der Waals surface area contributed by atoms with E-state index in [1.54, 1.807) is 12.4 Å². The van der Waals surface area contributed by atoms with Crippen molar-refractivity contribution in [3.05, 3.63) is 24.3 Å². The molecule has 1 aliphatic rings. The SMILES string of the molecule is CN(CC(=O)c1cnccn1)C[C@H]1CCCNC1. The molecule has 0 bridgehead atoms. The Morgan fingerprint density at radius 2 is 2.44 bits per heavy atom. The van der Waals surface area contributed by atoms with Gasteiger partial charge in [-0.3, -0.25) is 14.7 Å². The second-order valence-electron chi connectivity index (χ2n) is 4.92. The topological polar surface area (TPSA) is 58.1 Å². The van der Waals surface area contributed by atoms with Crippen LogP contribution in [0.2, 0.25) is 0 Å². The van der Waals surface area contributed by atoms with Crippen molar-refractivity contribution in [2.24, 2.45) is 5.92 Å². The van der Waals surface area contributed by atoms with Crippen LogP contribution in [0.15, 0.2) is 18.6 Å². The molecule has 1 aliphatic heterocycles. The van der Waals surface area contributed by atoms with Crippen molar-refractivity contribution in [2.45, 2.75) is 12.8 Å². The Hall–Kier alpha value is -1.33. The van der Waals surface area contributed by atoms with Gasteiger partial charge < -0.3 is 5.32 Å². The standard InChI is InChI=1S/C13H20N4O/c1-17(9-11-3-2-4-14-7-11)10-13(18)12-8-15-5-6-16-12/h5-6,8,11,14H,2-4,7,9-10H2,1H3/t11-/m0/s1. The van der Waals surface area contributed by atoms with Crippen molar-refractivity contribution >= 4 is 5.78 Å². The van der Waals surface area contributed by atoms with Crippen molar-refractivity contribution in [1.29, 1.82) is 0 Å². The van der Waals surface area contributed by atoms with Gasteiger partial charge >= 0.3 is 0 Å². The first-order valence-corrected chi connectivity index (χ1v) is 6.44. The van der Waals surface area contributed by atoms with Crippen LogP contribution in [0.5, 0.6) is 0 Å². The third kappa shape index (κ3) is 3.85. The summed E-state index contributed by atoms with van der Waals surface area (Å²) < 4.78 is 0. The third-order valence-corrected chi connectivity index (χ3v) is 3.23. The number of carbonyl (C=O) groups excluding carboxylic acids is 1. The maximum absolute atomic E-state index is 11.9. The number of Topliss-reactive ketones (excluding diaryl/α,β-unsaturated/α-hetero) is 1. The van der Waals surface area contributed by atoms with E-state index in [1.807, 2.05) is 7.05 Å². The molecule has 1 N–H and O–H groups in total. The number of aromatic nitrogens is 2. The summed E-state index contributed by atoms with van der Waals surface area (Å²) in [6.45, 7) is 3.55. The highest BCUT2D eigenvalue weighted by atomic mass is 16.1. The van der Waals surface area contributed by atoms with Crippen LogP contribution in [-0.4, -0.2) is 53.9 Å². The molecule has 1 atom stereocenters. The minimum absolute atomic E-state index is 0.0365. The highest BCUT2D eigenvalue weighted by Gasteiger charge is 2.17. The maximum Gasteiger partial charge on any atom is 0.196 e. The van der Waals surface area contributed by atoms with Crippen LogP contribution in [0.4, 0.5) is 0 Å². The second-order valence-corrected chi connectivity index (χ2v) is 4.92. The number of ketones is 1. The van der Waals surface area contributed by atoms with Crippen LogP contribution in [0.1, 0.15) is 23.3 Å². The highest BCUT2D eigenvalue weighted by Crippen LogP contribution is 2.11. The summed E-state index contributed by atoms with van der Waals surface area (Å²) in [5.41, 5.74) is 0.450. The van der Waals surface area contributed by atoms with Crippen molar-refractivity contribution in [3.63, 3.8) is 0 Å². The van der Waals surface area contributed by atoms with E-state index in [0.717, 1.165) is 19.6 Å². The first-order valence-electron chi connectivity index (χ1n) is 6.44. The molecule has 0 unspecified atom stereocenters. The number of nitrogens with zero attached hydrogens (tertiary/aromatic N) is 3. The summed E-state index contributed by atoms with van der Waals surface area (Å²) in [5, 5.41) is 3.39. The van der Waals surface area contributed by atoms with Crippen molar-refractivity contribution in [1.82, 2.24) is 20.2 Å². The van der Waals surface area contributed by atoms with Crippen LogP contribution in [0.3, 0.4) is 0 Å². The third-order valence-electron chi connectivity index (χ3n) is 3.23. The highest BCUT2D eigenvalue weighted by molar-refractivity contribution is 5.95. The normalized spacial score (nSPS) is 20.0. The molecule has 0 spiro atoms. The quantitative estimate of drug-likeness (QED) is 0.773. The summed E-state index contributed by atoms with van der Waals surface area (Å²) in [7, 11) is 1.99. The fourth-order valence-corrected chi connectivity index (χ4v) is 2.35. The Kier molecular flexibility index (Phi) is 4.78. The molecule has 5 nitrogen and oxygen atoms in total. The maximum atomic E-state index is 11.9. The van der Waals surface area contributed by atoms with Crippen LogP contribution in [0.25, 0.3) is 0 Å². The van der Waals surface area contributed by atoms with E-state index in [4.69, 9.17) is 0 Å². The molecule has 98 valence electrons. The molecule has 1 saturated heterocycles. The van der Waals surface area contributed by atoms with Crippen molar-refractivity contribution in [3.8, 4) is 0 Å². The van der Waals surface area contributed by atoms with Crippen molar-refractivity contribution < 1.29 is 4.79 Å². The number of piperidine rings is 1. The number of likely N-dealkylation sites (N-methyl/N-ethyl adjacent to an activating group) is 1. The van der Waals surface area contributed by atoms with E-state index < -0.39 is 0 Å². The second kappa shape index (κ2) is 6.56. The lowest BCUT2D eigenvalue weighted by Crippen LogP contribution is -2.38. The molecule has 18 heavy (non-hydrogen) atoms. The first kappa shape index (κ1) is 13.1. The molecular weight excluding hydrogens is 228 g/mol. The Morgan fingerprint density at radius 3 is 3.11 bits per heavy atom. The fraction of sp³-hybridized carbons (Fsp3) is 0.615. The first-order chi connectivity index (χ1) is 8.75. The summed E-state index contributed by atoms with van der Waals surface area (Å²) in [5.74, 6) is 0.688. The molecule has 0 amide bonds. The van der Waals surface area contributed by atoms with Gasteiger partial charge in [-0.2, -0.15) is 0 Å². The van der Waals surface area contributed by atoms with E-state index in [0.29, 0.717) is 18.2 Å². The van der Waals surface area contributed by atoms with Crippen LogP contribution < -0.4 is 5.32 Å². The van der Waals surface area contributed by atoms with E-state index >= 15 is 0 Å². The average Bonchev–Trinajstić information content (AvgIpc) is 2.40. The lowest BCUT2D eigenvalue weighted by molar-refractivity contribution is 0.0928. The Labute approximate surface area is 108 Å². The van der Waals surface area contributed by atoms with Gasteiger partial charge in [0, 0.05) is 18.9 Å². The number of carbonyl (C=O) groups is 1. The Morgan fingerprint density at radius 1 is 1.56 bits per heavy atom. The molecule has 2 rings (SSSR count). The zero-order valence-corrected chi connectivity index (χ0v) is 10.8. The number of rotatable bonds is 5. The molecule has 1 fully saturated rings. The minimum Gasteiger partial charge on any atom is -0.316 e. The lowest BCUT2D eigenvalue weighted by atomic mass is 9.99. The van der Waals surface area contributed by atoms with Crippen LogP contribution in [-0.2, 0) is 0 Å². The molecule has 1 aromatic rings. The monoisotopic (exact) mass is 248 g/mol. The average molecular weight is 248 g/mol. The van der Waals surface area contributed by atoms with Gasteiger partial charge in [0.15, 0.2) is 5.78 Å². The molecule has 0 saturated carbocycles. The number of hydrogen-bond donors (Lipinski definition) is 1. The zero-order chi connectivity index (χ0) is 12.8. The number of hydrogen-bond acceptors (Lipinski definition) is 5. The van der Waals surface area contributed by atoms with Crippen LogP contribution >= 0.6 is 0 Å². The summed E-state index contributed by atoms with van der Waals surface area (Å²) in [6.07, 6.45) is 7.14. The van der Waals surface area contributed by atoms with Gasteiger partial charge in [0.1, 0.15) is 5.69 Å². The molecule has 0 radical (unpaired) electrons. The van der Waals surface area contributed by atoms with Gasteiger partial charge in [-0.15, -0.1) is 0 Å². The van der Waals surface area contributed by atoms with Gasteiger partial charge in [-0.1, -0.05) is 0 Å². The molecular formula is C13H20N4O. The van der Waals surface area contributed by atoms with E-state index in [1.165, 1.54) is 19.0 Å². The largest absolute Gasteiger partial charge is 0.316 e. The molecule has 0 aliphatic carbocycles. The predicted molar refractivity (Wildman–Crippen MR) is 69.5 cm³/mol. The van der Waals surface area contributed by atoms with Crippen LogP contribution in [0, 0.1) is 5.92 Å². The van der Waals surface area contributed by atoms with Crippen molar-refractivity contribution in [2.75, 3.05) is 33.2 Å². The smallest absolute Gasteiger partial charge is 0.196 e. The molecule has 5 heteroatoms. The Bertz CT molecular complexity index is 376. The summed E-state index contributed by atoms with van der Waals surface area (Å²) >= 11 is 0. The van der Waals surface area contributed by atoms with Gasteiger partial charge in [-0.25, -0.2) is 4.98 Å². The minimum atomic E-state index is 0.0365. The summed E-state index contributed by atoms with van der Waals surface area (Å²) in [6, 6.07) is 0. The lowest BCUT2D eigenvalue weighted by Gasteiger charge is -2.27. The molecule has 2 heterocycles. The number of nitrogens with one attached hydrogen (secondary N) is 1. The van der Waals surface area contributed by atoms with E-state index in [9.17, 15) is 4.79 Å². The van der Waals surface area contributed by atoms with E-state index in [-0.39, 0.29) is 5.78 Å². The van der Waals surface area contributed by atoms with Gasteiger partial charge in [-0.05, 0) is 38.9 Å². The van der Waals surface area contributed by atoms with Gasteiger partial charge in [0.25, 0.3) is 0 Å². The van der Waals surface area contributed by atoms with Gasteiger partial charge in [0.05, 0.1) is 12.7 Å². The summed E-state index contributed by atoms with van der Waals surface area (Å²) in [4.78, 5) is 22.0.